The Bertz CT molecular complexity index is 549. The number of fused-ring (bicyclic) bond motifs is 1. The summed E-state index contributed by atoms with van der Waals surface area (Å²) >= 11 is 1.21. The van der Waals surface area contributed by atoms with E-state index in [1.54, 1.807) is 6.07 Å². The monoisotopic (exact) mass is 234 g/mol. The highest BCUT2D eigenvalue weighted by molar-refractivity contribution is 8.13. The highest BCUT2D eigenvalue weighted by Crippen LogP contribution is 2.21. The zero-order valence-electron chi connectivity index (χ0n) is 6.14. The number of hydrogen-bond donors (Lipinski definition) is 0. The van der Waals surface area contributed by atoms with Crippen molar-refractivity contribution in [3.8, 4) is 0 Å². The highest BCUT2D eigenvalue weighted by Gasteiger charge is 2.11. The molecule has 0 fully saturated rings. The van der Waals surface area contributed by atoms with Gasteiger partial charge in [-0.25, -0.2) is 8.42 Å². The zero-order valence-corrected chi connectivity index (χ0v) is 8.53. The summed E-state index contributed by atoms with van der Waals surface area (Å²) in [5.41, 5.74) is 0.548. The van der Waals surface area contributed by atoms with Crippen LogP contribution in [0, 0.1) is 0 Å². The SMILES string of the molecule is O=S(=O)(Cl)c1ccc2snnc2c1. The van der Waals surface area contributed by atoms with E-state index in [2.05, 4.69) is 9.59 Å². The van der Waals surface area contributed by atoms with E-state index in [0.29, 0.717) is 5.52 Å². The largest absolute Gasteiger partial charge is 0.261 e. The van der Waals surface area contributed by atoms with Gasteiger partial charge in [0.1, 0.15) is 5.52 Å². The molecule has 0 unspecified atom stereocenters. The predicted octanol–water partition coefficient (Wildman–Crippen LogP) is 1.62. The molecule has 0 radical (unpaired) electrons. The molecule has 0 saturated heterocycles. The third-order valence-corrected chi connectivity index (χ3v) is 3.56. The minimum absolute atomic E-state index is 0.0503. The van der Waals surface area contributed by atoms with Crippen molar-refractivity contribution in [2.45, 2.75) is 4.90 Å². The molecule has 68 valence electrons. The van der Waals surface area contributed by atoms with Crippen molar-refractivity contribution in [1.29, 1.82) is 0 Å². The molecule has 0 atom stereocenters. The third kappa shape index (κ3) is 1.65. The molecule has 0 spiro atoms. The van der Waals surface area contributed by atoms with Crippen molar-refractivity contribution in [3.05, 3.63) is 18.2 Å². The molecule has 13 heavy (non-hydrogen) atoms. The first-order valence-electron chi connectivity index (χ1n) is 3.24. The highest BCUT2D eigenvalue weighted by atomic mass is 35.7. The second kappa shape index (κ2) is 2.90. The van der Waals surface area contributed by atoms with Crippen molar-refractivity contribution in [2.24, 2.45) is 0 Å². The van der Waals surface area contributed by atoms with Gasteiger partial charge in [-0.2, -0.15) is 0 Å². The van der Waals surface area contributed by atoms with Gasteiger partial charge in [0.05, 0.1) is 9.60 Å². The van der Waals surface area contributed by atoms with Crippen molar-refractivity contribution in [2.75, 3.05) is 0 Å². The van der Waals surface area contributed by atoms with Gasteiger partial charge >= 0.3 is 0 Å². The quantitative estimate of drug-likeness (QED) is 0.704. The lowest BCUT2D eigenvalue weighted by Crippen LogP contribution is -1.89. The maximum Gasteiger partial charge on any atom is 0.261 e. The van der Waals surface area contributed by atoms with Crippen LogP contribution in [0.1, 0.15) is 0 Å². The van der Waals surface area contributed by atoms with Crippen LogP contribution in [0.2, 0.25) is 0 Å². The molecule has 1 aromatic carbocycles. The van der Waals surface area contributed by atoms with Crippen LogP contribution in [0.5, 0.6) is 0 Å². The number of rotatable bonds is 1. The molecule has 0 aliphatic heterocycles. The number of nitrogens with zero attached hydrogens (tertiary/aromatic N) is 2. The Labute approximate surface area is 82.7 Å². The first kappa shape index (κ1) is 8.86. The van der Waals surface area contributed by atoms with Crippen LogP contribution in [-0.4, -0.2) is 18.0 Å². The third-order valence-electron chi connectivity index (χ3n) is 1.50. The van der Waals surface area contributed by atoms with Gasteiger partial charge in [0, 0.05) is 10.7 Å². The molecule has 0 aliphatic rings. The van der Waals surface area contributed by atoms with E-state index >= 15 is 0 Å². The van der Waals surface area contributed by atoms with Crippen LogP contribution in [0.25, 0.3) is 10.2 Å². The van der Waals surface area contributed by atoms with E-state index in [1.807, 2.05) is 0 Å². The van der Waals surface area contributed by atoms with Crippen LogP contribution in [-0.2, 0) is 9.05 Å². The average molecular weight is 235 g/mol. The number of benzene rings is 1. The minimum Gasteiger partial charge on any atom is -0.207 e. The predicted molar refractivity (Wildman–Crippen MR) is 50.5 cm³/mol. The number of halogens is 1. The maximum atomic E-state index is 10.9. The van der Waals surface area contributed by atoms with Crippen molar-refractivity contribution in [3.63, 3.8) is 0 Å². The fraction of sp³-hybridized carbons (Fsp3) is 0. The van der Waals surface area contributed by atoms with Crippen LogP contribution in [0.4, 0.5) is 0 Å². The summed E-state index contributed by atoms with van der Waals surface area (Å²) in [6.45, 7) is 0. The Morgan fingerprint density at radius 3 is 2.85 bits per heavy atom. The molecule has 7 heteroatoms. The molecule has 1 heterocycles. The zero-order chi connectivity index (χ0) is 9.47. The van der Waals surface area contributed by atoms with E-state index < -0.39 is 9.05 Å². The molecule has 0 N–H and O–H groups in total. The molecule has 1 aromatic heterocycles. The van der Waals surface area contributed by atoms with E-state index in [0.717, 1.165) is 4.70 Å². The molecule has 4 nitrogen and oxygen atoms in total. The van der Waals surface area contributed by atoms with Gasteiger partial charge in [-0.3, -0.25) is 0 Å². The van der Waals surface area contributed by atoms with Crippen LogP contribution < -0.4 is 0 Å². The van der Waals surface area contributed by atoms with E-state index in [9.17, 15) is 8.42 Å². The van der Waals surface area contributed by atoms with Gasteiger partial charge in [0.15, 0.2) is 0 Å². The maximum absolute atomic E-state index is 10.9. The Balaban J connectivity index is 2.75. The van der Waals surface area contributed by atoms with Gasteiger partial charge in [-0.05, 0) is 29.7 Å². The van der Waals surface area contributed by atoms with Crippen LogP contribution in [0.3, 0.4) is 0 Å². The molecule has 2 aromatic rings. The summed E-state index contributed by atoms with van der Waals surface area (Å²) in [5, 5.41) is 3.74. The molecular weight excluding hydrogens is 232 g/mol. The smallest absolute Gasteiger partial charge is 0.207 e. The standard InChI is InChI=1S/C6H3ClN2O2S2/c7-13(10,11)4-1-2-6-5(3-4)8-9-12-6/h1-3H. The van der Waals surface area contributed by atoms with Crippen molar-refractivity contribution in [1.82, 2.24) is 9.59 Å². The molecule has 0 saturated carbocycles. The lowest BCUT2D eigenvalue weighted by Gasteiger charge is -1.93. The summed E-state index contributed by atoms with van der Waals surface area (Å²) in [6, 6.07) is 4.47. The minimum atomic E-state index is -3.66. The van der Waals surface area contributed by atoms with Crippen molar-refractivity contribution >= 4 is 41.5 Å². The topological polar surface area (TPSA) is 59.9 Å². The Hall–Kier alpha value is -0.720. The van der Waals surface area contributed by atoms with Gasteiger partial charge in [-0.1, -0.05) is 4.49 Å². The summed E-state index contributed by atoms with van der Waals surface area (Å²) in [7, 11) is 1.49. The second-order valence-electron chi connectivity index (χ2n) is 2.34. The van der Waals surface area contributed by atoms with E-state index in [4.69, 9.17) is 10.7 Å². The fourth-order valence-corrected chi connectivity index (χ4v) is 2.22. The normalized spacial score (nSPS) is 12.1. The summed E-state index contributed by atoms with van der Waals surface area (Å²) in [6.07, 6.45) is 0. The second-order valence-corrected chi connectivity index (χ2v) is 5.69. The number of hydrogen-bond acceptors (Lipinski definition) is 5. The molecule has 0 aliphatic carbocycles. The lowest BCUT2D eigenvalue weighted by molar-refractivity contribution is 0.609. The number of aromatic nitrogens is 2. The van der Waals surface area contributed by atoms with Gasteiger partial charge in [0.2, 0.25) is 0 Å². The van der Waals surface area contributed by atoms with Crippen molar-refractivity contribution < 1.29 is 8.42 Å². The Morgan fingerprint density at radius 2 is 2.15 bits per heavy atom. The van der Waals surface area contributed by atoms with E-state index in [-0.39, 0.29) is 4.90 Å². The van der Waals surface area contributed by atoms with Gasteiger partial charge in [-0.15, -0.1) is 5.10 Å². The van der Waals surface area contributed by atoms with E-state index in [1.165, 1.54) is 23.7 Å². The van der Waals surface area contributed by atoms with Crippen LogP contribution in [0.15, 0.2) is 23.1 Å². The lowest BCUT2D eigenvalue weighted by atomic mass is 10.3. The molecule has 0 bridgehead atoms. The molecular formula is C6H3ClN2O2S2. The van der Waals surface area contributed by atoms with Gasteiger partial charge in [0.25, 0.3) is 9.05 Å². The first-order valence-corrected chi connectivity index (χ1v) is 6.32. The summed E-state index contributed by atoms with van der Waals surface area (Å²) in [4.78, 5) is 0.0503. The summed E-state index contributed by atoms with van der Waals surface area (Å²) in [5.74, 6) is 0. The first-order chi connectivity index (χ1) is 6.07. The summed E-state index contributed by atoms with van der Waals surface area (Å²) < 4.78 is 26.4. The average Bonchev–Trinajstić information content (AvgIpc) is 2.47. The Morgan fingerprint density at radius 1 is 1.38 bits per heavy atom. The Kier molecular flexibility index (Phi) is 1.98. The molecule has 2 rings (SSSR count). The fourth-order valence-electron chi connectivity index (χ4n) is 0.913. The molecule has 0 amide bonds. The van der Waals surface area contributed by atoms with Gasteiger partial charge < -0.3 is 0 Å². The van der Waals surface area contributed by atoms with Crippen LogP contribution >= 0.6 is 22.2 Å².